The summed E-state index contributed by atoms with van der Waals surface area (Å²) >= 11 is 1.81. The summed E-state index contributed by atoms with van der Waals surface area (Å²) in [6.07, 6.45) is 2.21. The first-order valence-corrected chi connectivity index (χ1v) is 8.23. The van der Waals surface area contributed by atoms with Crippen LogP contribution in [0.15, 0.2) is 17.5 Å². The van der Waals surface area contributed by atoms with Crippen LogP contribution in [0.4, 0.5) is 0 Å². The van der Waals surface area contributed by atoms with E-state index in [2.05, 4.69) is 29.8 Å². The second-order valence-corrected chi connectivity index (χ2v) is 6.67. The van der Waals surface area contributed by atoms with Gasteiger partial charge in [0.05, 0.1) is 0 Å². The lowest BCUT2D eigenvalue weighted by molar-refractivity contribution is 0.514. The number of hydrogen-bond acceptors (Lipinski definition) is 3. The van der Waals surface area contributed by atoms with Crippen molar-refractivity contribution < 1.29 is 4.21 Å². The van der Waals surface area contributed by atoms with Gasteiger partial charge in [-0.25, -0.2) is 0 Å². The van der Waals surface area contributed by atoms with Crippen molar-refractivity contribution in [3.8, 4) is 0 Å². The van der Waals surface area contributed by atoms with Gasteiger partial charge in [-0.3, -0.25) is 4.21 Å². The van der Waals surface area contributed by atoms with Crippen LogP contribution in [0.1, 0.15) is 25.1 Å². The van der Waals surface area contributed by atoms with Gasteiger partial charge in [0.25, 0.3) is 0 Å². The largest absolute Gasteiger partial charge is 0.313 e. The van der Waals surface area contributed by atoms with Crippen molar-refractivity contribution in [2.24, 2.45) is 0 Å². The molecular weight excluding hydrogens is 238 g/mol. The third-order valence-electron chi connectivity index (χ3n) is 2.61. The predicted octanol–water partition coefficient (Wildman–Crippen LogP) is 2.43. The summed E-state index contributed by atoms with van der Waals surface area (Å²) < 4.78 is 11.3. The van der Waals surface area contributed by atoms with E-state index in [9.17, 15) is 4.21 Å². The Bertz CT molecular complexity index is 298. The molecule has 0 saturated carbocycles. The second-order valence-electron chi connectivity index (χ2n) is 3.78. The topological polar surface area (TPSA) is 29.1 Å². The molecule has 1 N–H and O–H groups in total. The van der Waals surface area contributed by atoms with E-state index >= 15 is 0 Å². The van der Waals surface area contributed by atoms with E-state index in [0.29, 0.717) is 6.04 Å². The monoisotopic (exact) mass is 259 g/mol. The Balaban J connectivity index is 2.24. The van der Waals surface area contributed by atoms with Gasteiger partial charge in [-0.1, -0.05) is 19.9 Å². The van der Waals surface area contributed by atoms with Gasteiger partial charge >= 0.3 is 0 Å². The average molecular weight is 259 g/mol. The molecule has 0 amide bonds. The molecule has 0 fully saturated rings. The summed E-state index contributed by atoms with van der Waals surface area (Å²) in [4.78, 5) is 1.43. The first-order valence-electron chi connectivity index (χ1n) is 5.87. The standard InChI is InChI=1S/C12H21NOS2/c1-3-11(10-12-6-5-8-15-12)13-7-9-16(14)4-2/h5-6,8,11,13H,3-4,7,9-10H2,1-2H3. The maximum Gasteiger partial charge on any atom is 0.0360 e. The predicted molar refractivity (Wildman–Crippen MR) is 73.7 cm³/mol. The van der Waals surface area contributed by atoms with E-state index in [4.69, 9.17) is 0 Å². The molecule has 0 spiro atoms. The second kappa shape index (κ2) is 7.98. The summed E-state index contributed by atoms with van der Waals surface area (Å²) in [6, 6.07) is 4.80. The van der Waals surface area contributed by atoms with Gasteiger partial charge in [-0.2, -0.15) is 0 Å². The lowest BCUT2D eigenvalue weighted by atomic mass is 10.1. The van der Waals surface area contributed by atoms with Crippen LogP contribution in [-0.4, -0.2) is 28.3 Å². The quantitative estimate of drug-likeness (QED) is 0.777. The Labute approximate surface area is 105 Å². The Morgan fingerprint density at radius 3 is 2.88 bits per heavy atom. The molecule has 4 heteroatoms. The molecule has 0 saturated heterocycles. The van der Waals surface area contributed by atoms with Crippen molar-refractivity contribution in [2.75, 3.05) is 18.1 Å². The molecule has 1 aromatic heterocycles. The summed E-state index contributed by atoms with van der Waals surface area (Å²) in [5.74, 6) is 1.54. The zero-order chi connectivity index (χ0) is 11.8. The SMILES string of the molecule is CCC(Cc1cccs1)NCCS(=O)CC. The number of nitrogens with one attached hydrogen (secondary N) is 1. The third-order valence-corrected chi connectivity index (χ3v) is 4.81. The fraction of sp³-hybridized carbons (Fsp3) is 0.667. The van der Waals surface area contributed by atoms with E-state index in [1.807, 2.05) is 18.3 Å². The van der Waals surface area contributed by atoms with Gasteiger partial charge in [0.1, 0.15) is 0 Å². The minimum atomic E-state index is -0.644. The number of rotatable bonds is 8. The molecule has 2 nitrogen and oxygen atoms in total. The number of thiophene rings is 1. The molecule has 0 aromatic carbocycles. The molecular formula is C12H21NOS2. The lowest BCUT2D eigenvalue weighted by Gasteiger charge is -2.15. The minimum Gasteiger partial charge on any atom is -0.313 e. The van der Waals surface area contributed by atoms with Crippen LogP contribution < -0.4 is 5.32 Å². The van der Waals surface area contributed by atoms with Crippen LogP contribution in [0.2, 0.25) is 0 Å². The molecule has 16 heavy (non-hydrogen) atoms. The maximum absolute atomic E-state index is 11.3. The van der Waals surface area contributed by atoms with Crippen molar-refractivity contribution in [1.82, 2.24) is 5.32 Å². The van der Waals surface area contributed by atoms with Gasteiger partial charge in [0.2, 0.25) is 0 Å². The fourth-order valence-corrected chi connectivity index (χ4v) is 2.97. The highest BCUT2D eigenvalue weighted by atomic mass is 32.2. The molecule has 0 radical (unpaired) electrons. The fourth-order valence-electron chi connectivity index (χ4n) is 1.55. The molecule has 2 atom stereocenters. The van der Waals surface area contributed by atoms with Crippen molar-refractivity contribution in [2.45, 2.75) is 32.7 Å². The van der Waals surface area contributed by atoms with Crippen molar-refractivity contribution >= 4 is 22.1 Å². The summed E-state index contributed by atoms with van der Waals surface area (Å²) in [5.41, 5.74) is 0. The molecule has 92 valence electrons. The highest BCUT2D eigenvalue weighted by Gasteiger charge is 2.07. The van der Waals surface area contributed by atoms with Crippen LogP contribution in [0, 0.1) is 0 Å². The highest BCUT2D eigenvalue weighted by Crippen LogP contribution is 2.12. The van der Waals surface area contributed by atoms with E-state index in [1.165, 1.54) is 4.88 Å². The van der Waals surface area contributed by atoms with E-state index in [0.717, 1.165) is 30.9 Å². The normalized spacial score (nSPS) is 14.9. The van der Waals surface area contributed by atoms with Crippen LogP contribution >= 0.6 is 11.3 Å². The van der Waals surface area contributed by atoms with Crippen molar-refractivity contribution in [3.05, 3.63) is 22.4 Å². The molecule has 0 bridgehead atoms. The van der Waals surface area contributed by atoms with Gasteiger partial charge in [0, 0.05) is 39.8 Å². The van der Waals surface area contributed by atoms with Crippen LogP contribution in [-0.2, 0) is 17.2 Å². The molecule has 2 unspecified atom stereocenters. The lowest BCUT2D eigenvalue weighted by Crippen LogP contribution is -2.33. The smallest absolute Gasteiger partial charge is 0.0360 e. The first-order chi connectivity index (χ1) is 7.76. The Hall–Kier alpha value is -0.190. The number of hydrogen-bond donors (Lipinski definition) is 1. The van der Waals surface area contributed by atoms with Crippen LogP contribution in [0.3, 0.4) is 0 Å². The minimum absolute atomic E-state index is 0.521. The van der Waals surface area contributed by atoms with E-state index in [-0.39, 0.29) is 0 Å². The Morgan fingerprint density at radius 1 is 1.50 bits per heavy atom. The third kappa shape index (κ3) is 5.23. The summed E-state index contributed by atoms with van der Waals surface area (Å²) in [7, 11) is -0.644. The average Bonchev–Trinajstić information content (AvgIpc) is 2.80. The van der Waals surface area contributed by atoms with E-state index < -0.39 is 10.8 Å². The van der Waals surface area contributed by atoms with E-state index in [1.54, 1.807) is 0 Å². The molecule has 0 aliphatic rings. The van der Waals surface area contributed by atoms with Crippen LogP contribution in [0.25, 0.3) is 0 Å². The first kappa shape index (κ1) is 13.9. The Kier molecular flexibility index (Phi) is 6.92. The molecule has 0 aliphatic heterocycles. The molecule has 1 aromatic rings. The highest BCUT2D eigenvalue weighted by molar-refractivity contribution is 7.84. The zero-order valence-electron chi connectivity index (χ0n) is 10.1. The van der Waals surface area contributed by atoms with Gasteiger partial charge < -0.3 is 5.32 Å². The Morgan fingerprint density at radius 2 is 2.31 bits per heavy atom. The van der Waals surface area contributed by atoms with Crippen molar-refractivity contribution in [1.29, 1.82) is 0 Å². The zero-order valence-corrected chi connectivity index (χ0v) is 11.7. The summed E-state index contributed by atoms with van der Waals surface area (Å²) in [5, 5.41) is 5.61. The molecule has 0 aliphatic carbocycles. The van der Waals surface area contributed by atoms with Gasteiger partial charge in [-0.05, 0) is 24.3 Å². The van der Waals surface area contributed by atoms with Gasteiger partial charge in [-0.15, -0.1) is 11.3 Å². The summed E-state index contributed by atoms with van der Waals surface area (Å²) in [6.45, 7) is 5.03. The molecule has 1 rings (SSSR count). The molecule has 1 heterocycles. The van der Waals surface area contributed by atoms with Crippen molar-refractivity contribution in [3.63, 3.8) is 0 Å². The van der Waals surface area contributed by atoms with Gasteiger partial charge in [0.15, 0.2) is 0 Å². The maximum atomic E-state index is 11.3. The van der Waals surface area contributed by atoms with Crippen LogP contribution in [0.5, 0.6) is 0 Å².